The van der Waals surface area contributed by atoms with E-state index in [1.807, 2.05) is 0 Å². The Labute approximate surface area is 73.3 Å². The largest absolute Gasteiger partial charge is 0.505 e. The minimum atomic E-state index is 0.374. The molecule has 1 N–H and O–H groups in total. The minimum Gasteiger partial charge on any atom is -0.505 e. The lowest BCUT2D eigenvalue weighted by Crippen LogP contribution is -1.89. The van der Waals surface area contributed by atoms with Crippen molar-refractivity contribution in [2.75, 3.05) is 0 Å². The van der Waals surface area contributed by atoms with Gasteiger partial charge < -0.3 is 9.67 Å². The summed E-state index contributed by atoms with van der Waals surface area (Å²) in [7, 11) is 0. The quantitative estimate of drug-likeness (QED) is 0.730. The standard InChI is InChI=1S/C8H8N2OS/c11-6-3-10(5-1-2-5)8-7(6)12-4-9-8/h3-5,11H,1-2H2. The molecule has 0 bridgehead atoms. The summed E-state index contributed by atoms with van der Waals surface area (Å²) in [5.41, 5.74) is 2.73. The van der Waals surface area contributed by atoms with Gasteiger partial charge in [-0.1, -0.05) is 0 Å². The van der Waals surface area contributed by atoms with Crippen LogP contribution >= 0.6 is 11.3 Å². The lowest BCUT2D eigenvalue weighted by Gasteiger charge is -1.95. The zero-order valence-electron chi connectivity index (χ0n) is 6.40. The summed E-state index contributed by atoms with van der Waals surface area (Å²) >= 11 is 1.50. The second-order valence-electron chi connectivity index (χ2n) is 3.16. The number of nitrogens with zero attached hydrogens (tertiary/aromatic N) is 2. The van der Waals surface area contributed by atoms with Crippen LogP contribution in [0, 0.1) is 0 Å². The number of thiazole rings is 1. The summed E-state index contributed by atoms with van der Waals surface area (Å²) in [5, 5.41) is 9.51. The van der Waals surface area contributed by atoms with Gasteiger partial charge in [0.15, 0.2) is 11.4 Å². The van der Waals surface area contributed by atoms with E-state index in [2.05, 4.69) is 9.55 Å². The van der Waals surface area contributed by atoms with Gasteiger partial charge in [0.05, 0.1) is 5.51 Å². The van der Waals surface area contributed by atoms with E-state index in [0.29, 0.717) is 11.8 Å². The first-order valence-corrected chi connectivity index (χ1v) is 4.87. The van der Waals surface area contributed by atoms with Gasteiger partial charge >= 0.3 is 0 Å². The molecule has 0 aromatic carbocycles. The van der Waals surface area contributed by atoms with Crippen molar-refractivity contribution in [3.8, 4) is 5.75 Å². The molecule has 1 aliphatic rings. The van der Waals surface area contributed by atoms with Gasteiger partial charge in [0, 0.05) is 12.2 Å². The summed E-state index contributed by atoms with van der Waals surface area (Å²) < 4.78 is 3.00. The zero-order chi connectivity index (χ0) is 8.13. The Hall–Kier alpha value is -1.03. The molecule has 1 saturated carbocycles. The van der Waals surface area contributed by atoms with E-state index in [1.54, 1.807) is 11.7 Å². The second kappa shape index (κ2) is 2.01. The Kier molecular flexibility index (Phi) is 1.09. The normalized spacial score (nSPS) is 17.3. The van der Waals surface area contributed by atoms with Gasteiger partial charge in [-0.05, 0) is 12.8 Å². The predicted octanol–water partition coefficient (Wildman–Crippen LogP) is 2.14. The van der Waals surface area contributed by atoms with Gasteiger partial charge in [0.1, 0.15) is 4.70 Å². The van der Waals surface area contributed by atoms with Crippen molar-refractivity contribution in [2.45, 2.75) is 18.9 Å². The average Bonchev–Trinajstić information content (AvgIpc) is 2.68. The molecule has 3 nitrogen and oxygen atoms in total. The van der Waals surface area contributed by atoms with Gasteiger partial charge in [-0.3, -0.25) is 0 Å². The molecule has 0 aliphatic heterocycles. The predicted molar refractivity (Wildman–Crippen MR) is 47.5 cm³/mol. The Bertz CT molecular complexity index is 427. The van der Waals surface area contributed by atoms with Crippen LogP contribution in [0.3, 0.4) is 0 Å². The Morgan fingerprint density at radius 1 is 1.58 bits per heavy atom. The topological polar surface area (TPSA) is 38.0 Å². The van der Waals surface area contributed by atoms with Gasteiger partial charge in [-0.25, -0.2) is 4.98 Å². The highest BCUT2D eigenvalue weighted by molar-refractivity contribution is 7.17. The fourth-order valence-corrected chi connectivity index (χ4v) is 2.18. The molecule has 0 radical (unpaired) electrons. The van der Waals surface area contributed by atoms with E-state index < -0.39 is 0 Å². The minimum absolute atomic E-state index is 0.374. The van der Waals surface area contributed by atoms with Crippen LogP contribution in [-0.4, -0.2) is 14.7 Å². The van der Waals surface area contributed by atoms with E-state index in [0.717, 1.165) is 10.3 Å². The first-order valence-electron chi connectivity index (χ1n) is 3.99. The molecule has 0 spiro atoms. The first kappa shape index (κ1) is 6.48. The first-order chi connectivity index (χ1) is 5.86. The van der Waals surface area contributed by atoms with Crippen molar-refractivity contribution >= 4 is 21.7 Å². The van der Waals surface area contributed by atoms with Crippen molar-refractivity contribution in [1.82, 2.24) is 9.55 Å². The van der Waals surface area contributed by atoms with Gasteiger partial charge in [-0.2, -0.15) is 0 Å². The number of hydrogen-bond donors (Lipinski definition) is 1. The van der Waals surface area contributed by atoms with Crippen LogP contribution in [0.5, 0.6) is 5.75 Å². The molecule has 4 heteroatoms. The van der Waals surface area contributed by atoms with Crippen molar-refractivity contribution < 1.29 is 5.11 Å². The Morgan fingerprint density at radius 2 is 2.42 bits per heavy atom. The van der Waals surface area contributed by atoms with Crippen LogP contribution in [0.1, 0.15) is 18.9 Å². The van der Waals surface area contributed by atoms with Crippen LogP contribution in [-0.2, 0) is 0 Å². The third kappa shape index (κ3) is 0.728. The fraction of sp³-hybridized carbons (Fsp3) is 0.375. The fourth-order valence-electron chi connectivity index (χ4n) is 1.48. The summed E-state index contributed by atoms with van der Waals surface area (Å²) in [5.74, 6) is 0.374. The third-order valence-corrected chi connectivity index (χ3v) is 3.07. The molecule has 0 amide bonds. The molecule has 1 fully saturated rings. The summed E-state index contributed by atoms with van der Waals surface area (Å²) in [6.45, 7) is 0. The zero-order valence-corrected chi connectivity index (χ0v) is 7.21. The van der Waals surface area contributed by atoms with Gasteiger partial charge in [-0.15, -0.1) is 11.3 Å². The number of aromatic hydroxyl groups is 1. The van der Waals surface area contributed by atoms with E-state index >= 15 is 0 Å². The molecule has 62 valence electrons. The third-order valence-electron chi connectivity index (χ3n) is 2.23. The molecule has 12 heavy (non-hydrogen) atoms. The highest BCUT2D eigenvalue weighted by atomic mass is 32.1. The second-order valence-corrected chi connectivity index (χ2v) is 4.01. The van der Waals surface area contributed by atoms with E-state index in [1.165, 1.54) is 24.2 Å². The molecule has 2 heterocycles. The van der Waals surface area contributed by atoms with E-state index in [-0.39, 0.29) is 0 Å². The van der Waals surface area contributed by atoms with Crippen LogP contribution in [0.4, 0.5) is 0 Å². The number of fused-ring (bicyclic) bond motifs is 1. The summed E-state index contributed by atoms with van der Waals surface area (Å²) in [6.07, 6.45) is 4.24. The SMILES string of the molecule is Oc1cn(C2CC2)c2ncsc12. The van der Waals surface area contributed by atoms with Crippen LogP contribution in [0.25, 0.3) is 10.3 Å². The Morgan fingerprint density at radius 3 is 3.17 bits per heavy atom. The highest BCUT2D eigenvalue weighted by Crippen LogP contribution is 2.41. The van der Waals surface area contributed by atoms with Crippen molar-refractivity contribution in [2.24, 2.45) is 0 Å². The highest BCUT2D eigenvalue weighted by Gasteiger charge is 2.26. The maximum atomic E-state index is 9.51. The summed E-state index contributed by atoms with van der Waals surface area (Å²) in [4.78, 5) is 4.22. The van der Waals surface area contributed by atoms with Gasteiger partial charge in [0.25, 0.3) is 0 Å². The maximum absolute atomic E-state index is 9.51. The Balaban J connectivity index is 2.33. The monoisotopic (exact) mass is 180 g/mol. The molecule has 0 saturated heterocycles. The summed E-state index contributed by atoms with van der Waals surface area (Å²) in [6, 6.07) is 0.593. The van der Waals surface area contributed by atoms with Crippen LogP contribution in [0.15, 0.2) is 11.7 Å². The molecule has 1 aliphatic carbocycles. The molecule has 3 rings (SSSR count). The molecular formula is C8H8N2OS. The molecule has 2 aromatic heterocycles. The molecule has 0 atom stereocenters. The van der Waals surface area contributed by atoms with Crippen LogP contribution in [0.2, 0.25) is 0 Å². The molecule has 2 aromatic rings. The number of hydrogen-bond acceptors (Lipinski definition) is 3. The lowest BCUT2D eigenvalue weighted by molar-refractivity contribution is 0.479. The van der Waals surface area contributed by atoms with Crippen LogP contribution < -0.4 is 0 Å². The van der Waals surface area contributed by atoms with E-state index in [4.69, 9.17) is 0 Å². The van der Waals surface area contributed by atoms with Gasteiger partial charge in [0.2, 0.25) is 0 Å². The smallest absolute Gasteiger partial charge is 0.155 e. The molecule has 0 unspecified atom stereocenters. The van der Waals surface area contributed by atoms with E-state index in [9.17, 15) is 5.11 Å². The van der Waals surface area contributed by atoms with Crippen molar-refractivity contribution in [1.29, 1.82) is 0 Å². The van der Waals surface area contributed by atoms with Crippen molar-refractivity contribution in [3.63, 3.8) is 0 Å². The lowest BCUT2D eigenvalue weighted by atomic mass is 10.6. The molecular weight excluding hydrogens is 172 g/mol. The maximum Gasteiger partial charge on any atom is 0.155 e. The van der Waals surface area contributed by atoms with Crippen molar-refractivity contribution in [3.05, 3.63) is 11.7 Å². The number of aromatic nitrogens is 2. The number of rotatable bonds is 1. The average molecular weight is 180 g/mol.